The Morgan fingerprint density at radius 1 is 1.22 bits per heavy atom. The minimum Gasteiger partial charge on any atom is -0.414 e. The van der Waals surface area contributed by atoms with Crippen molar-refractivity contribution in [3.8, 4) is 5.75 Å². The summed E-state index contributed by atoms with van der Waals surface area (Å²) in [6, 6.07) is 11.8. The van der Waals surface area contributed by atoms with E-state index >= 15 is 0 Å². The van der Waals surface area contributed by atoms with Gasteiger partial charge < -0.3 is 19.4 Å². The molecule has 1 aliphatic rings. The molecule has 1 aromatic heterocycles. The number of benzene rings is 2. The van der Waals surface area contributed by atoms with Crippen molar-refractivity contribution in [3.63, 3.8) is 0 Å². The molecular weight excluding hydrogens is 742 g/mol. The second-order valence-corrected chi connectivity index (χ2v) is 12.3. The molecule has 1 N–H and O–H groups in total. The summed E-state index contributed by atoms with van der Waals surface area (Å²) in [5.74, 6) is -2.21. The van der Waals surface area contributed by atoms with Gasteiger partial charge in [-0.1, -0.05) is 24.3 Å². The Morgan fingerprint density at radius 2 is 1.93 bits per heavy atom. The van der Waals surface area contributed by atoms with Crippen LogP contribution in [-0.4, -0.2) is 65.5 Å². The quantitative estimate of drug-likeness (QED) is 0.200. The van der Waals surface area contributed by atoms with E-state index in [1.165, 1.54) is 35.9 Å². The molecule has 1 aliphatic heterocycles. The largest absolute Gasteiger partial charge is 0.414 e. The summed E-state index contributed by atoms with van der Waals surface area (Å²) in [5, 5.41) is 2.68. The van der Waals surface area contributed by atoms with Crippen molar-refractivity contribution in [1.29, 1.82) is 0 Å². The fourth-order valence-electron chi connectivity index (χ4n) is 4.23. The normalized spacial score (nSPS) is 16.0. The van der Waals surface area contributed by atoms with Gasteiger partial charge in [-0.2, -0.15) is 0 Å². The first-order valence-corrected chi connectivity index (χ1v) is 15.8. The van der Waals surface area contributed by atoms with E-state index in [0.717, 1.165) is 0 Å². The maximum Gasteiger partial charge on any atom is 0.344 e. The molecule has 1 amide bonds. The number of carbonyl (C=O) groups excluding carboxylic acids is 2. The number of amides is 1. The Kier molecular flexibility index (Phi) is 12.8. The van der Waals surface area contributed by atoms with E-state index in [1.54, 1.807) is 30.9 Å². The van der Waals surface area contributed by atoms with Crippen molar-refractivity contribution in [2.24, 2.45) is 7.05 Å². The third kappa shape index (κ3) is 8.61. The van der Waals surface area contributed by atoms with Crippen LogP contribution in [0.25, 0.3) is 0 Å². The van der Waals surface area contributed by atoms with E-state index in [1.807, 2.05) is 27.5 Å². The summed E-state index contributed by atoms with van der Waals surface area (Å²) in [6.07, 6.45) is 0.492. The molecule has 3 aromatic rings. The Labute approximate surface area is 276 Å². The third-order valence-electron chi connectivity index (χ3n) is 6.44. The number of nitrogens with one attached hydrogen (secondary N) is 1. The van der Waals surface area contributed by atoms with Gasteiger partial charge >= 0.3 is 5.97 Å². The molecule has 0 aliphatic carbocycles. The van der Waals surface area contributed by atoms with Crippen molar-refractivity contribution in [1.82, 2.24) is 19.8 Å². The van der Waals surface area contributed by atoms with Crippen LogP contribution in [0.4, 0.5) is 4.39 Å². The second kappa shape index (κ2) is 15.6. The zero-order valence-corrected chi connectivity index (χ0v) is 28.6. The van der Waals surface area contributed by atoms with Crippen LogP contribution in [0.2, 0.25) is 0 Å². The first-order valence-electron chi connectivity index (χ1n) is 12.6. The number of morpholine rings is 1. The van der Waals surface area contributed by atoms with Gasteiger partial charge in [0, 0.05) is 69.1 Å². The summed E-state index contributed by atoms with van der Waals surface area (Å²) in [4.78, 5) is 46.6. The van der Waals surface area contributed by atoms with Crippen LogP contribution in [0, 0.1) is 9.39 Å². The van der Waals surface area contributed by atoms with Gasteiger partial charge in [0.15, 0.2) is 5.69 Å². The van der Waals surface area contributed by atoms with E-state index in [2.05, 4.69) is 10.3 Å². The standard InChI is InChI=1S/C27H29FIN4O6P.Y/c1-32-24(21-16-38-13-11-33(21)12-14-40(2)37)31-22(25(34)30-15-17-7-9-18(28)10-8-17)23(26(32)35)39-27(36)19-5-3-4-6-20(19)29;/h3-10,21,40H,11-16H2,1-2H3,(H,30,34);. The average molecular weight is 771 g/mol. The molecular formula is C27H29FIN4O6PY. The van der Waals surface area contributed by atoms with Crippen LogP contribution in [0.5, 0.6) is 5.75 Å². The number of hydrogen-bond acceptors (Lipinski definition) is 8. The number of halogens is 2. The van der Waals surface area contributed by atoms with E-state index in [-0.39, 0.29) is 62.9 Å². The summed E-state index contributed by atoms with van der Waals surface area (Å²) in [7, 11) is -0.240. The molecule has 4 rings (SSSR count). The van der Waals surface area contributed by atoms with Crippen LogP contribution < -0.4 is 15.6 Å². The maximum atomic E-state index is 13.6. The predicted octanol–water partition coefficient (Wildman–Crippen LogP) is 3.23. The van der Waals surface area contributed by atoms with Gasteiger partial charge in [0.25, 0.3) is 11.5 Å². The van der Waals surface area contributed by atoms with Gasteiger partial charge in [-0.25, -0.2) is 14.2 Å². The van der Waals surface area contributed by atoms with Gasteiger partial charge in [-0.3, -0.25) is 19.1 Å². The van der Waals surface area contributed by atoms with Crippen molar-refractivity contribution >= 4 is 42.3 Å². The number of hydrogen-bond donors (Lipinski definition) is 1. The van der Waals surface area contributed by atoms with E-state index in [0.29, 0.717) is 35.0 Å². The number of esters is 1. The Bertz CT molecular complexity index is 1490. The van der Waals surface area contributed by atoms with Crippen molar-refractivity contribution in [2.45, 2.75) is 12.6 Å². The molecule has 0 spiro atoms. The molecule has 1 fully saturated rings. The molecule has 0 bridgehead atoms. The number of carbonyl (C=O) groups is 2. The molecule has 41 heavy (non-hydrogen) atoms. The molecule has 2 aromatic carbocycles. The molecule has 2 heterocycles. The third-order valence-corrected chi connectivity index (χ3v) is 8.31. The summed E-state index contributed by atoms with van der Waals surface area (Å²) in [5.41, 5.74) is -0.216. The molecule has 1 saturated heterocycles. The van der Waals surface area contributed by atoms with E-state index < -0.39 is 42.8 Å². The van der Waals surface area contributed by atoms with Gasteiger partial charge in [-0.15, -0.1) is 0 Å². The minimum atomic E-state index is -1.73. The summed E-state index contributed by atoms with van der Waals surface area (Å²) in [6.45, 7) is 3.43. The maximum absolute atomic E-state index is 13.6. The molecule has 10 nitrogen and oxygen atoms in total. The van der Waals surface area contributed by atoms with E-state index in [9.17, 15) is 23.3 Å². The Hall–Kier alpha value is -1.83. The SMILES string of the molecule is Cn1c(C2COCCN2CC[PH](C)=O)nc(C(=O)NCc2ccc(F)cc2)c(OC(=O)c2ccccc2I)c1=O.[Y]. The van der Waals surface area contributed by atoms with Crippen molar-refractivity contribution in [2.75, 3.05) is 39.1 Å². The van der Waals surface area contributed by atoms with E-state index in [4.69, 9.17) is 9.47 Å². The minimum absolute atomic E-state index is 0. The van der Waals surface area contributed by atoms with Crippen LogP contribution in [-0.2, 0) is 55.6 Å². The Balaban J connectivity index is 0.00000462. The van der Waals surface area contributed by atoms with Gasteiger partial charge in [-0.05, 0) is 59.1 Å². The zero-order chi connectivity index (χ0) is 28.8. The van der Waals surface area contributed by atoms with Gasteiger partial charge in [0.1, 0.15) is 11.6 Å². The smallest absolute Gasteiger partial charge is 0.344 e. The van der Waals surface area contributed by atoms with Gasteiger partial charge in [0.05, 0.1) is 32.6 Å². The van der Waals surface area contributed by atoms with Crippen LogP contribution >= 0.6 is 30.4 Å². The zero-order valence-electron chi connectivity index (χ0n) is 22.6. The van der Waals surface area contributed by atoms with Crippen LogP contribution in [0.3, 0.4) is 0 Å². The predicted molar refractivity (Wildman–Crippen MR) is 156 cm³/mol. The molecule has 1 radical (unpaired) electrons. The molecule has 215 valence electrons. The number of nitrogens with zero attached hydrogens (tertiary/aromatic N) is 3. The topological polar surface area (TPSA) is 120 Å². The molecule has 0 saturated carbocycles. The number of aromatic nitrogens is 2. The van der Waals surface area contributed by atoms with Crippen molar-refractivity contribution in [3.05, 3.63) is 90.9 Å². The Morgan fingerprint density at radius 3 is 2.61 bits per heavy atom. The van der Waals surface area contributed by atoms with Crippen LogP contribution in [0.15, 0.2) is 53.3 Å². The fourth-order valence-corrected chi connectivity index (χ4v) is 5.44. The molecule has 2 unspecified atom stereocenters. The fraction of sp³-hybridized carbons (Fsp3) is 0.333. The number of rotatable bonds is 9. The first kappa shape index (κ1) is 33.7. The molecule has 14 heteroatoms. The van der Waals surface area contributed by atoms with Crippen molar-refractivity contribution < 1.29 is 60.7 Å². The summed E-state index contributed by atoms with van der Waals surface area (Å²) < 4.78 is 38.2. The van der Waals surface area contributed by atoms with Gasteiger partial charge in [0.2, 0.25) is 5.75 Å². The number of ether oxygens (including phenoxy) is 2. The molecule has 2 atom stereocenters. The monoisotopic (exact) mass is 771 g/mol. The first-order chi connectivity index (χ1) is 19.2. The average Bonchev–Trinajstić information content (AvgIpc) is 2.94. The summed E-state index contributed by atoms with van der Waals surface area (Å²) >= 11 is 1.98. The van der Waals surface area contributed by atoms with Crippen LogP contribution in [0.1, 0.15) is 38.3 Å². The second-order valence-electron chi connectivity index (χ2n) is 9.27.